The predicted molar refractivity (Wildman–Crippen MR) is 88.0 cm³/mol. The van der Waals surface area contributed by atoms with E-state index in [1.807, 2.05) is 0 Å². The van der Waals surface area contributed by atoms with E-state index in [9.17, 15) is 0 Å². The van der Waals surface area contributed by atoms with Gasteiger partial charge in [0.1, 0.15) is 0 Å². The second kappa shape index (κ2) is 7.96. The standard InChI is InChI=1S/C19H25NO/c1-15(2)19(18-7-5-4-6-8-18)20-13-16-9-11-17(12-10-16)14-21-3/h4-12,15,19-20H,13-14H2,1-3H3. The Bertz CT molecular complexity index is 519. The largest absolute Gasteiger partial charge is 0.380 e. The van der Waals surface area contributed by atoms with E-state index in [2.05, 4.69) is 73.8 Å². The van der Waals surface area contributed by atoms with Gasteiger partial charge < -0.3 is 10.1 Å². The third-order valence-electron chi connectivity index (χ3n) is 3.69. The molecule has 1 N–H and O–H groups in total. The molecule has 2 rings (SSSR count). The average molecular weight is 283 g/mol. The monoisotopic (exact) mass is 283 g/mol. The first-order chi connectivity index (χ1) is 10.2. The van der Waals surface area contributed by atoms with Crippen molar-refractivity contribution in [2.75, 3.05) is 7.11 Å². The van der Waals surface area contributed by atoms with Crippen molar-refractivity contribution in [3.63, 3.8) is 0 Å². The zero-order valence-corrected chi connectivity index (χ0v) is 13.2. The van der Waals surface area contributed by atoms with Crippen molar-refractivity contribution in [1.29, 1.82) is 0 Å². The minimum Gasteiger partial charge on any atom is -0.380 e. The number of nitrogens with one attached hydrogen (secondary N) is 1. The first kappa shape index (κ1) is 15.7. The van der Waals surface area contributed by atoms with Crippen LogP contribution >= 0.6 is 0 Å². The Morgan fingerprint density at radius 1 is 0.905 bits per heavy atom. The average Bonchev–Trinajstić information content (AvgIpc) is 2.50. The van der Waals surface area contributed by atoms with Gasteiger partial charge in [-0.25, -0.2) is 0 Å². The fourth-order valence-electron chi connectivity index (χ4n) is 2.55. The molecule has 2 aromatic carbocycles. The molecule has 0 aliphatic heterocycles. The maximum absolute atomic E-state index is 5.14. The molecule has 0 heterocycles. The molecule has 0 saturated heterocycles. The van der Waals surface area contributed by atoms with E-state index in [-0.39, 0.29) is 0 Å². The Morgan fingerprint density at radius 2 is 1.52 bits per heavy atom. The van der Waals surface area contributed by atoms with Crippen LogP contribution in [0.5, 0.6) is 0 Å². The molecular weight excluding hydrogens is 258 g/mol. The van der Waals surface area contributed by atoms with Crippen molar-refractivity contribution in [1.82, 2.24) is 5.32 Å². The van der Waals surface area contributed by atoms with Crippen LogP contribution in [0.15, 0.2) is 54.6 Å². The maximum atomic E-state index is 5.14. The molecule has 0 spiro atoms. The van der Waals surface area contributed by atoms with Gasteiger partial charge in [-0.15, -0.1) is 0 Å². The molecular formula is C19H25NO. The van der Waals surface area contributed by atoms with E-state index in [0.717, 1.165) is 6.54 Å². The summed E-state index contributed by atoms with van der Waals surface area (Å²) in [5.41, 5.74) is 3.87. The van der Waals surface area contributed by atoms with E-state index in [0.29, 0.717) is 18.6 Å². The third-order valence-corrected chi connectivity index (χ3v) is 3.69. The lowest BCUT2D eigenvalue weighted by Gasteiger charge is -2.23. The first-order valence-electron chi connectivity index (χ1n) is 7.56. The van der Waals surface area contributed by atoms with Crippen molar-refractivity contribution in [2.24, 2.45) is 5.92 Å². The summed E-state index contributed by atoms with van der Waals surface area (Å²) < 4.78 is 5.14. The number of ether oxygens (including phenoxy) is 1. The minimum atomic E-state index is 0.379. The summed E-state index contributed by atoms with van der Waals surface area (Å²) in [5, 5.41) is 3.67. The summed E-state index contributed by atoms with van der Waals surface area (Å²) >= 11 is 0. The van der Waals surface area contributed by atoms with Gasteiger partial charge >= 0.3 is 0 Å². The molecule has 0 amide bonds. The molecule has 1 atom stereocenters. The number of methoxy groups -OCH3 is 1. The highest BCUT2D eigenvalue weighted by Gasteiger charge is 2.14. The molecule has 1 unspecified atom stereocenters. The van der Waals surface area contributed by atoms with Gasteiger partial charge in [-0.05, 0) is 22.6 Å². The molecule has 2 heteroatoms. The molecule has 112 valence electrons. The predicted octanol–water partition coefficient (Wildman–Crippen LogP) is 4.32. The fourth-order valence-corrected chi connectivity index (χ4v) is 2.55. The summed E-state index contributed by atoms with van der Waals surface area (Å²) in [7, 11) is 1.72. The minimum absolute atomic E-state index is 0.379. The molecule has 0 bridgehead atoms. The SMILES string of the molecule is COCc1ccc(CNC(c2ccccc2)C(C)C)cc1. The van der Waals surface area contributed by atoms with Gasteiger partial charge in [-0.3, -0.25) is 0 Å². The molecule has 0 fully saturated rings. The van der Waals surface area contributed by atoms with Gasteiger partial charge in [0, 0.05) is 19.7 Å². The highest BCUT2D eigenvalue weighted by molar-refractivity contribution is 5.23. The second-order valence-electron chi connectivity index (χ2n) is 5.76. The van der Waals surface area contributed by atoms with Crippen molar-refractivity contribution in [3.8, 4) is 0 Å². The zero-order chi connectivity index (χ0) is 15.1. The lowest BCUT2D eigenvalue weighted by atomic mass is 9.96. The van der Waals surface area contributed by atoms with Gasteiger partial charge in [-0.2, -0.15) is 0 Å². The molecule has 2 nitrogen and oxygen atoms in total. The van der Waals surface area contributed by atoms with Crippen LogP contribution in [0.25, 0.3) is 0 Å². The smallest absolute Gasteiger partial charge is 0.0713 e. The van der Waals surface area contributed by atoms with E-state index in [1.54, 1.807) is 7.11 Å². The summed E-state index contributed by atoms with van der Waals surface area (Å²) in [6.45, 7) is 6.07. The van der Waals surface area contributed by atoms with E-state index in [1.165, 1.54) is 16.7 Å². The number of benzene rings is 2. The van der Waals surface area contributed by atoms with Crippen LogP contribution in [-0.2, 0) is 17.9 Å². The summed E-state index contributed by atoms with van der Waals surface area (Å²) in [6.07, 6.45) is 0. The number of hydrogen-bond donors (Lipinski definition) is 1. The van der Waals surface area contributed by atoms with E-state index >= 15 is 0 Å². The quantitative estimate of drug-likeness (QED) is 0.817. The Kier molecular flexibility index (Phi) is 5.97. The van der Waals surface area contributed by atoms with Crippen molar-refractivity contribution < 1.29 is 4.74 Å². The first-order valence-corrected chi connectivity index (χ1v) is 7.56. The Balaban J connectivity index is 1.99. The Hall–Kier alpha value is -1.64. The summed E-state index contributed by atoms with van der Waals surface area (Å²) in [4.78, 5) is 0. The third kappa shape index (κ3) is 4.69. The van der Waals surface area contributed by atoms with Gasteiger partial charge in [-0.1, -0.05) is 68.4 Å². The molecule has 0 radical (unpaired) electrons. The van der Waals surface area contributed by atoms with Crippen LogP contribution in [-0.4, -0.2) is 7.11 Å². The Morgan fingerprint density at radius 3 is 2.10 bits per heavy atom. The lowest BCUT2D eigenvalue weighted by Crippen LogP contribution is -2.25. The Labute approximate surface area is 128 Å². The molecule has 21 heavy (non-hydrogen) atoms. The van der Waals surface area contributed by atoms with Crippen LogP contribution in [0.3, 0.4) is 0 Å². The van der Waals surface area contributed by atoms with Crippen LogP contribution in [0, 0.1) is 5.92 Å². The highest BCUT2D eigenvalue weighted by Crippen LogP contribution is 2.21. The van der Waals surface area contributed by atoms with E-state index in [4.69, 9.17) is 4.74 Å². The van der Waals surface area contributed by atoms with Gasteiger partial charge in [0.15, 0.2) is 0 Å². The summed E-state index contributed by atoms with van der Waals surface area (Å²) in [5.74, 6) is 0.556. The lowest BCUT2D eigenvalue weighted by molar-refractivity contribution is 0.185. The number of hydrogen-bond acceptors (Lipinski definition) is 2. The van der Waals surface area contributed by atoms with Crippen LogP contribution in [0.2, 0.25) is 0 Å². The highest BCUT2D eigenvalue weighted by atomic mass is 16.5. The van der Waals surface area contributed by atoms with Crippen LogP contribution in [0.4, 0.5) is 0 Å². The van der Waals surface area contributed by atoms with Gasteiger partial charge in [0.25, 0.3) is 0 Å². The van der Waals surface area contributed by atoms with Crippen molar-refractivity contribution in [2.45, 2.75) is 33.0 Å². The van der Waals surface area contributed by atoms with Crippen LogP contribution < -0.4 is 5.32 Å². The second-order valence-corrected chi connectivity index (χ2v) is 5.76. The molecule has 0 aliphatic rings. The maximum Gasteiger partial charge on any atom is 0.0713 e. The molecule has 0 saturated carbocycles. The van der Waals surface area contributed by atoms with Crippen LogP contribution in [0.1, 0.15) is 36.6 Å². The van der Waals surface area contributed by atoms with Crippen molar-refractivity contribution >= 4 is 0 Å². The van der Waals surface area contributed by atoms with Gasteiger partial charge in [0.2, 0.25) is 0 Å². The molecule has 2 aromatic rings. The van der Waals surface area contributed by atoms with E-state index < -0.39 is 0 Å². The van der Waals surface area contributed by atoms with Crippen molar-refractivity contribution in [3.05, 3.63) is 71.3 Å². The summed E-state index contributed by atoms with van der Waals surface area (Å²) in [6, 6.07) is 19.6. The number of rotatable bonds is 7. The normalized spacial score (nSPS) is 12.6. The molecule has 0 aromatic heterocycles. The zero-order valence-electron chi connectivity index (χ0n) is 13.2. The molecule has 0 aliphatic carbocycles. The fraction of sp³-hybridized carbons (Fsp3) is 0.368. The topological polar surface area (TPSA) is 21.3 Å². The van der Waals surface area contributed by atoms with Gasteiger partial charge in [0.05, 0.1) is 6.61 Å².